The lowest BCUT2D eigenvalue weighted by Crippen LogP contribution is -2.11. The average molecular weight is 410 g/mol. The summed E-state index contributed by atoms with van der Waals surface area (Å²) in [6.45, 7) is 4.19. The first-order valence-corrected chi connectivity index (χ1v) is 10.6. The highest BCUT2D eigenvalue weighted by molar-refractivity contribution is 7.17. The van der Waals surface area contributed by atoms with E-state index in [-0.39, 0.29) is 5.92 Å². The van der Waals surface area contributed by atoms with Crippen molar-refractivity contribution in [2.45, 2.75) is 44.6 Å². The summed E-state index contributed by atoms with van der Waals surface area (Å²) in [7, 11) is 1.65. The smallest absolute Gasteiger partial charge is 0.141 e. The number of ether oxygens (including phenoxy) is 1. The fourth-order valence-corrected chi connectivity index (χ4v) is 5.11. The van der Waals surface area contributed by atoms with Crippen LogP contribution in [0.5, 0.6) is 5.75 Å². The molecule has 7 nitrogen and oxygen atoms in total. The summed E-state index contributed by atoms with van der Waals surface area (Å²) in [5, 5.41) is 20.3. The molecule has 5 rings (SSSR count). The summed E-state index contributed by atoms with van der Waals surface area (Å²) in [6, 6.07) is 7.69. The van der Waals surface area contributed by atoms with Gasteiger partial charge in [0.1, 0.15) is 28.7 Å². The molecule has 29 heavy (non-hydrogen) atoms. The van der Waals surface area contributed by atoms with Crippen LogP contribution < -0.4 is 4.74 Å². The topological polar surface area (TPSA) is 77.5 Å². The van der Waals surface area contributed by atoms with Gasteiger partial charge in [-0.2, -0.15) is 0 Å². The van der Waals surface area contributed by atoms with Crippen molar-refractivity contribution >= 4 is 16.2 Å². The summed E-state index contributed by atoms with van der Waals surface area (Å²) in [5.74, 6) is 1.46. The van der Waals surface area contributed by atoms with Gasteiger partial charge in [-0.05, 0) is 48.9 Å². The molecule has 0 saturated heterocycles. The Hall–Kier alpha value is -2.71. The minimum atomic E-state index is -0.849. The van der Waals surface area contributed by atoms with E-state index in [0.29, 0.717) is 11.6 Å². The zero-order chi connectivity index (χ0) is 20.1. The van der Waals surface area contributed by atoms with Crippen LogP contribution in [0.3, 0.4) is 0 Å². The van der Waals surface area contributed by atoms with Crippen LogP contribution >= 0.6 is 11.3 Å². The fourth-order valence-electron chi connectivity index (χ4n) is 3.81. The van der Waals surface area contributed by atoms with Crippen LogP contribution in [-0.2, 0) is 0 Å². The van der Waals surface area contributed by atoms with Gasteiger partial charge in [-0.3, -0.25) is 4.40 Å². The molecule has 1 aromatic carbocycles. The number of methoxy groups -OCH3 is 1. The Morgan fingerprint density at radius 2 is 1.93 bits per heavy atom. The molecule has 150 valence electrons. The molecule has 1 aliphatic rings. The Labute approximate surface area is 172 Å². The van der Waals surface area contributed by atoms with Gasteiger partial charge in [0, 0.05) is 4.88 Å². The molecule has 0 radical (unpaired) electrons. The number of rotatable bonds is 6. The number of imidazole rings is 1. The number of nitrogens with zero attached hydrogens (tertiary/aromatic N) is 5. The highest BCUT2D eigenvalue weighted by atomic mass is 32.1. The van der Waals surface area contributed by atoms with Crippen LogP contribution in [0.15, 0.2) is 36.8 Å². The Balaban J connectivity index is 1.62. The molecule has 0 amide bonds. The average Bonchev–Trinajstić information content (AvgIpc) is 3.15. The van der Waals surface area contributed by atoms with E-state index in [1.165, 1.54) is 17.7 Å². The maximum Gasteiger partial charge on any atom is 0.141 e. The van der Waals surface area contributed by atoms with E-state index in [1.807, 2.05) is 39.5 Å². The third-order valence-electron chi connectivity index (χ3n) is 5.39. The van der Waals surface area contributed by atoms with Gasteiger partial charge in [0.2, 0.25) is 0 Å². The van der Waals surface area contributed by atoms with E-state index in [9.17, 15) is 5.11 Å². The monoisotopic (exact) mass is 409 g/mol. The molecule has 8 heteroatoms. The Kier molecular flexibility index (Phi) is 4.40. The van der Waals surface area contributed by atoms with E-state index < -0.39 is 6.10 Å². The zero-order valence-electron chi connectivity index (χ0n) is 16.6. The molecule has 1 fully saturated rings. The molecule has 3 heterocycles. The van der Waals surface area contributed by atoms with E-state index >= 15 is 0 Å². The summed E-state index contributed by atoms with van der Waals surface area (Å²) < 4.78 is 9.07. The highest BCUT2D eigenvalue weighted by Crippen LogP contribution is 2.48. The lowest BCUT2D eigenvalue weighted by atomic mass is 10.0. The molecule has 4 aromatic rings. The van der Waals surface area contributed by atoms with Crippen LogP contribution in [-0.4, -0.2) is 36.6 Å². The second kappa shape index (κ2) is 6.96. The van der Waals surface area contributed by atoms with Gasteiger partial charge in [0.25, 0.3) is 0 Å². The second-order valence-electron chi connectivity index (χ2n) is 7.75. The molecule has 1 atom stereocenters. The number of thiazole rings is 1. The Morgan fingerprint density at radius 3 is 2.59 bits per heavy atom. The SMILES string of the molecule is COc1ccc(-n2nnc(C(O)c3c(C4CC4)sc4cncn34)c2C(C)C)cc1. The highest BCUT2D eigenvalue weighted by Gasteiger charge is 2.35. The molecule has 1 unspecified atom stereocenters. The quantitative estimate of drug-likeness (QED) is 0.519. The third-order valence-corrected chi connectivity index (χ3v) is 6.67. The maximum atomic E-state index is 11.4. The van der Waals surface area contributed by atoms with Gasteiger partial charge in [0.05, 0.1) is 30.4 Å². The normalized spacial score (nSPS) is 15.3. The molecule has 0 aliphatic heterocycles. The van der Waals surface area contributed by atoms with Crippen LogP contribution in [0.1, 0.15) is 66.6 Å². The summed E-state index contributed by atoms with van der Waals surface area (Å²) in [5.41, 5.74) is 3.28. The largest absolute Gasteiger partial charge is 0.497 e. The van der Waals surface area contributed by atoms with Gasteiger partial charge < -0.3 is 9.84 Å². The van der Waals surface area contributed by atoms with E-state index in [2.05, 4.69) is 29.1 Å². The van der Waals surface area contributed by atoms with Crippen molar-refractivity contribution in [3.63, 3.8) is 0 Å². The number of fused-ring (bicyclic) bond motifs is 1. The van der Waals surface area contributed by atoms with Crippen LogP contribution in [0.25, 0.3) is 10.5 Å². The molecule has 1 N–H and O–H groups in total. The summed E-state index contributed by atoms with van der Waals surface area (Å²) >= 11 is 1.72. The third kappa shape index (κ3) is 3.03. The van der Waals surface area contributed by atoms with E-state index in [4.69, 9.17) is 4.74 Å². The molecule has 0 bridgehead atoms. The minimum absolute atomic E-state index is 0.137. The number of aliphatic hydroxyl groups is 1. The lowest BCUT2D eigenvalue weighted by Gasteiger charge is -2.15. The number of hydrogen-bond donors (Lipinski definition) is 1. The summed E-state index contributed by atoms with van der Waals surface area (Å²) in [4.78, 5) is 6.54. The van der Waals surface area contributed by atoms with Gasteiger partial charge in [-0.25, -0.2) is 9.67 Å². The number of benzene rings is 1. The van der Waals surface area contributed by atoms with Gasteiger partial charge >= 0.3 is 0 Å². The minimum Gasteiger partial charge on any atom is -0.497 e. The Morgan fingerprint density at radius 1 is 1.17 bits per heavy atom. The number of aliphatic hydroxyl groups excluding tert-OH is 1. The van der Waals surface area contributed by atoms with Crippen molar-refractivity contribution in [1.29, 1.82) is 0 Å². The van der Waals surface area contributed by atoms with Gasteiger partial charge in [-0.15, -0.1) is 16.4 Å². The first-order valence-electron chi connectivity index (χ1n) is 9.81. The molecular weight excluding hydrogens is 386 g/mol. The first kappa shape index (κ1) is 18.3. The van der Waals surface area contributed by atoms with Crippen LogP contribution in [0, 0.1) is 0 Å². The van der Waals surface area contributed by atoms with Crippen molar-refractivity contribution in [3.05, 3.63) is 58.7 Å². The maximum absolute atomic E-state index is 11.4. The standard InChI is InChI=1S/C21H23N5O2S/c1-12(2)18-17(23-24-26(18)14-6-8-15(28-3)9-7-14)20(27)19-21(13-4-5-13)29-16-10-22-11-25(16)19/h6-13,20,27H,4-5H2,1-3H3. The molecular formula is C21H23N5O2S. The predicted octanol–water partition coefficient (Wildman–Crippen LogP) is 4.07. The van der Waals surface area contributed by atoms with E-state index in [0.717, 1.165) is 27.7 Å². The molecule has 0 spiro atoms. The lowest BCUT2D eigenvalue weighted by molar-refractivity contribution is 0.206. The van der Waals surface area contributed by atoms with Gasteiger partial charge in [0.15, 0.2) is 0 Å². The number of hydrogen-bond acceptors (Lipinski definition) is 6. The fraction of sp³-hybridized carbons (Fsp3) is 0.381. The molecule has 3 aromatic heterocycles. The van der Waals surface area contributed by atoms with Crippen molar-refractivity contribution in [1.82, 2.24) is 24.4 Å². The van der Waals surface area contributed by atoms with Crippen molar-refractivity contribution in [2.24, 2.45) is 0 Å². The first-order chi connectivity index (χ1) is 14.1. The van der Waals surface area contributed by atoms with Crippen molar-refractivity contribution < 1.29 is 9.84 Å². The molecule has 1 aliphatic carbocycles. The van der Waals surface area contributed by atoms with Crippen molar-refractivity contribution in [3.8, 4) is 11.4 Å². The Bertz CT molecular complexity index is 1150. The summed E-state index contributed by atoms with van der Waals surface area (Å²) in [6.07, 6.45) is 5.13. The van der Waals surface area contributed by atoms with E-state index in [1.54, 1.807) is 24.8 Å². The van der Waals surface area contributed by atoms with Crippen LogP contribution in [0.2, 0.25) is 0 Å². The zero-order valence-corrected chi connectivity index (χ0v) is 17.4. The molecule has 1 saturated carbocycles. The second-order valence-corrected chi connectivity index (χ2v) is 8.82. The number of aromatic nitrogens is 5. The van der Waals surface area contributed by atoms with Crippen molar-refractivity contribution in [2.75, 3.05) is 7.11 Å². The predicted molar refractivity (Wildman–Crippen MR) is 111 cm³/mol. The van der Waals surface area contributed by atoms with Gasteiger partial charge in [-0.1, -0.05) is 19.1 Å². The van der Waals surface area contributed by atoms with Crippen LogP contribution in [0.4, 0.5) is 0 Å².